The van der Waals surface area contributed by atoms with Gasteiger partial charge in [0.25, 0.3) is 5.95 Å². The number of allylic oxidation sites excluding steroid dienone is 1. The van der Waals surface area contributed by atoms with Crippen LogP contribution in [0.25, 0.3) is 0 Å². The van der Waals surface area contributed by atoms with Gasteiger partial charge in [0.1, 0.15) is 0 Å². The van der Waals surface area contributed by atoms with Crippen molar-refractivity contribution in [1.29, 1.82) is 0 Å². The van der Waals surface area contributed by atoms with Gasteiger partial charge in [-0.25, -0.2) is 0 Å². The topological polar surface area (TPSA) is 18.5 Å². The van der Waals surface area contributed by atoms with Crippen molar-refractivity contribution in [3.63, 3.8) is 0 Å². The van der Waals surface area contributed by atoms with Crippen LogP contribution in [0.5, 0.6) is 0 Å². The Hall–Kier alpha value is -0.660. The van der Waals surface area contributed by atoms with Crippen LogP contribution >= 0.6 is 0 Å². The van der Waals surface area contributed by atoms with Crippen molar-refractivity contribution in [2.75, 3.05) is 14.2 Å². The third kappa shape index (κ3) is 1.37. The van der Waals surface area contributed by atoms with E-state index in [0.29, 0.717) is 0 Å². The van der Waals surface area contributed by atoms with Gasteiger partial charge in [-0.15, -0.1) is 0 Å². The Morgan fingerprint density at radius 1 is 0.867 bits per heavy atom. The highest BCUT2D eigenvalue weighted by atomic mass is 16.7. The summed E-state index contributed by atoms with van der Waals surface area (Å²) in [6, 6.07) is 0. The van der Waals surface area contributed by atoms with Gasteiger partial charge >= 0.3 is 0 Å². The molecule has 84 valence electrons. The molecule has 0 heterocycles. The molecule has 4 fully saturated rings. The van der Waals surface area contributed by atoms with E-state index in [1.165, 1.54) is 37.7 Å². The average Bonchev–Trinajstić information content (AvgIpc) is 2.22. The molecule has 4 aliphatic rings. The Bertz CT molecular complexity index is 257. The molecule has 0 aromatic heterocycles. The Morgan fingerprint density at radius 3 is 1.73 bits per heavy atom. The molecule has 0 aromatic rings. The van der Waals surface area contributed by atoms with E-state index in [1.807, 2.05) is 0 Å². The standard InChI is InChI=1S/C13H20O2/c1-14-13(15-2)12-10-4-8-3-9(6-10)7-11(12)5-8/h8-11H,3-7H2,1-2H3. The third-order valence-electron chi connectivity index (χ3n) is 4.62. The summed E-state index contributed by atoms with van der Waals surface area (Å²) in [5.74, 6) is 4.38. The van der Waals surface area contributed by atoms with Crippen molar-refractivity contribution in [2.45, 2.75) is 32.1 Å². The highest BCUT2D eigenvalue weighted by Gasteiger charge is 2.47. The van der Waals surface area contributed by atoms with E-state index < -0.39 is 0 Å². The van der Waals surface area contributed by atoms with Gasteiger partial charge in [-0.2, -0.15) is 0 Å². The first-order valence-electron chi connectivity index (χ1n) is 6.13. The zero-order chi connectivity index (χ0) is 10.4. The van der Waals surface area contributed by atoms with E-state index in [2.05, 4.69) is 0 Å². The molecule has 4 bridgehead atoms. The summed E-state index contributed by atoms with van der Waals surface area (Å²) in [7, 11) is 3.47. The molecule has 2 heteroatoms. The second-order valence-corrected chi connectivity index (χ2v) is 5.46. The predicted molar refractivity (Wildman–Crippen MR) is 58.1 cm³/mol. The van der Waals surface area contributed by atoms with Crippen LogP contribution in [0.4, 0.5) is 0 Å². The molecule has 0 saturated heterocycles. The maximum Gasteiger partial charge on any atom is 0.278 e. The SMILES string of the molecule is COC(OC)=C1C2CC3CC(C2)CC1C3. The molecule has 15 heavy (non-hydrogen) atoms. The van der Waals surface area contributed by atoms with Crippen molar-refractivity contribution in [2.24, 2.45) is 23.7 Å². The average molecular weight is 208 g/mol. The molecule has 0 amide bonds. The van der Waals surface area contributed by atoms with Crippen LogP contribution in [-0.4, -0.2) is 14.2 Å². The summed E-state index contributed by atoms with van der Waals surface area (Å²) in [4.78, 5) is 0. The Kier molecular flexibility index (Phi) is 2.18. The van der Waals surface area contributed by atoms with Gasteiger partial charge in [0.05, 0.1) is 14.2 Å². The van der Waals surface area contributed by atoms with E-state index in [1.54, 1.807) is 14.2 Å². The first-order valence-corrected chi connectivity index (χ1v) is 6.13. The minimum Gasteiger partial charge on any atom is -0.469 e. The molecule has 4 aliphatic carbocycles. The smallest absolute Gasteiger partial charge is 0.278 e. The summed E-state index contributed by atoms with van der Waals surface area (Å²) < 4.78 is 10.8. The van der Waals surface area contributed by atoms with Gasteiger partial charge in [0.15, 0.2) is 0 Å². The van der Waals surface area contributed by atoms with Crippen LogP contribution < -0.4 is 0 Å². The number of ether oxygens (including phenoxy) is 2. The quantitative estimate of drug-likeness (QED) is 0.650. The van der Waals surface area contributed by atoms with Gasteiger partial charge in [-0.1, -0.05) is 0 Å². The molecule has 0 unspecified atom stereocenters. The lowest BCUT2D eigenvalue weighted by atomic mass is 9.54. The van der Waals surface area contributed by atoms with Crippen LogP contribution in [0.2, 0.25) is 0 Å². The van der Waals surface area contributed by atoms with Crippen LogP contribution in [0.3, 0.4) is 0 Å². The molecule has 4 saturated carbocycles. The Labute approximate surface area is 91.6 Å². The van der Waals surface area contributed by atoms with Gasteiger partial charge in [0.2, 0.25) is 0 Å². The molecule has 4 rings (SSSR count). The van der Waals surface area contributed by atoms with Crippen molar-refractivity contribution >= 4 is 0 Å². The van der Waals surface area contributed by atoms with Crippen molar-refractivity contribution in [1.82, 2.24) is 0 Å². The highest BCUT2D eigenvalue weighted by molar-refractivity contribution is 5.21. The van der Waals surface area contributed by atoms with Crippen molar-refractivity contribution in [3.8, 4) is 0 Å². The van der Waals surface area contributed by atoms with E-state index in [-0.39, 0.29) is 0 Å². The van der Waals surface area contributed by atoms with E-state index in [0.717, 1.165) is 29.6 Å². The minimum absolute atomic E-state index is 0.774. The first kappa shape index (κ1) is 9.56. The molecule has 0 N–H and O–H groups in total. The molecular formula is C13H20O2. The fraction of sp³-hybridized carbons (Fsp3) is 0.846. The third-order valence-corrected chi connectivity index (χ3v) is 4.62. The molecule has 2 nitrogen and oxygen atoms in total. The van der Waals surface area contributed by atoms with Crippen molar-refractivity contribution in [3.05, 3.63) is 11.5 Å². The maximum atomic E-state index is 5.38. The lowest BCUT2D eigenvalue weighted by Gasteiger charge is -2.51. The van der Waals surface area contributed by atoms with E-state index in [4.69, 9.17) is 9.47 Å². The predicted octanol–water partition coefficient (Wildman–Crippen LogP) is 2.95. The van der Waals surface area contributed by atoms with Crippen LogP contribution in [0.15, 0.2) is 11.5 Å². The minimum atomic E-state index is 0.774. The summed E-state index contributed by atoms with van der Waals surface area (Å²) in [6.07, 6.45) is 7.05. The maximum absolute atomic E-state index is 5.38. The zero-order valence-corrected chi connectivity index (χ0v) is 9.66. The fourth-order valence-corrected chi connectivity index (χ4v) is 4.34. The van der Waals surface area contributed by atoms with Crippen molar-refractivity contribution < 1.29 is 9.47 Å². The number of hydrogen-bond donors (Lipinski definition) is 0. The summed E-state index contributed by atoms with van der Waals surface area (Å²) in [6.45, 7) is 0. The molecule has 0 aromatic carbocycles. The molecule has 0 spiro atoms. The number of rotatable bonds is 2. The second kappa shape index (κ2) is 3.43. The second-order valence-electron chi connectivity index (χ2n) is 5.46. The monoisotopic (exact) mass is 208 g/mol. The van der Waals surface area contributed by atoms with E-state index >= 15 is 0 Å². The molecule has 0 radical (unpaired) electrons. The zero-order valence-electron chi connectivity index (χ0n) is 9.66. The lowest BCUT2D eigenvalue weighted by Crippen LogP contribution is -2.41. The Morgan fingerprint density at radius 2 is 1.33 bits per heavy atom. The fourth-order valence-electron chi connectivity index (χ4n) is 4.34. The molecular weight excluding hydrogens is 188 g/mol. The molecule has 0 atom stereocenters. The number of hydrogen-bond acceptors (Lipinski definition) is 2. The van der Waals surface area contributed by atoms with E-state index in [9.17, 15) is 0 Å². The van der Waals surface area contributed by atoms with Crippen LogP contribution in [0.1, 0.15) is 32.1 Å². The first-order chi connectivity index (χ1) is 7.31. The Balaban J connectivity index is 1.94. The number of methoxy groups -OCH3 is 2. The normalized spacial score (nSPS) is 41.9. The van der Waals surface area contributed by atoms with Gasteiger partial charge in [-0.3, -0.25) is 0 Å². The summed E-state index contributed by atoms with van der Waals surface area (Å²) >= 11 is 0. The summed E-state index contributed by atoms with van der Waals surface area (Å²) in [5.41, 5.74) is 1.51. The van der Waals surface area contributed by atoms with Gasteiger partial charge < -0.3 is 9.47 Å². The highest BCUT2D eigenvalue weighted by Crippen LogP contribution is 2.57. The lowest BCUT2D eigenvalue weighted by molar-refractivity contribution is 0.0308. The van der Waals surface area contributed by atoms with Gasteiger partial charge in [-0.05, 0) is 55.8 Å². The van der Waals surface area contributed by atoms with Crippen LogP contribution in [-0.2, 0) is 9.47 Å². The largest absolute Gasteiger partial charge is 0.469 e. The van der Waals surface area contributed by atoms with Crippen LogP contribution in [0, 0.1) is 23.7 Å². The summed E-state index contributed by atoms with van der Waals surface area (Å²) in [5, 5.41) is 0. The van der Waals surface area contributed by atoms with Gasteiger partial charge in [0, 0.05) is 5.57 Å². The molecule has 0 aliphatic heterocycles.